The van der Waals surface area contributed by atoms with Crippen LogP contribution >= 0.6 is 0 Å². The van der Waals surface area contributed by atoms with Gasteiger partial charge >= 0.3 is 0 Å². The van der Waals surface area contributed by atoms with Crippen LogP contribution < -0.4 is 5.73 Å². The van der Waals surface area contributed by atoms with Crippen molar-refractivity contribution in [2.75, 3.05) is 12.8 Å². The molecular formula is C9H14N4. The number of nitrogens with zero attached hydrogens (tertiary/aromatic N) is 3. The van der Waals surface area contributed by atoms with E-state index in [4.69, 9.17) is 5.73 Å². The van der Waals surface area contributed by atoms with E-state index in [1.54, 1.807) is 6.33 Å². The first kappa shape index (κ1) is 8.44. The number of nitrogens with two attached hydrogens (primary N) is 1. The minimum atomic E-state index is 0.543. The Morgan fingerprint density at radius 1 is 1.54 bits per heavy atom. The number of fused-ring (bicyclic) bond motifs is 1. The highest BCUT2D eigenvalue weighted by molar-refractivity contribution is 5.42. The first-order valence-corrected chi connectivity index (χ1v) is 4.47. The van der Waals surface area contributed by atoms with Crippen LogP contribution in [0, 0.1) is 0 Å². The molecule has 4 heteroatoms. The zero-order chi connectivity index (χ0) is 9.42. The molecule has 70 valence electrons. The van der Waals surface area contributed by atoms with Gasteiger partial charge in [0.05, 0.1) is 5.69 Å². The van der Waals surface area contributed by atoms with E-state index in [1.165, 1.54) is 0 Å². The van der Waals surface area contributed by atoms with Gasteiger partial charge in [-0.15, -0.1) is 0 Å². The molecule has 0 saturated heterocycles. The van der Waals surface area contributed by atoms with Crippen molar-refractivity contribution in [1.82, 2.24) is 14.9 Å². The average molecular weight is 178 g/mol. The van der Waals surface area contributed by atoms with Gasteiger partial charge in [-0.05, 0) is 14.0 Å². The normalized spacial score (nSPS) is 22.8. The molecule has 0 bridgehead atoms. The van der Waals surface area contributed by atoms with Crippen LogP contribution in [0.5, 0.6) is 0 Å². The second-order valence-corrected chi connectivity index (χ2v) is 3.65. The summed E-state index contributed by atoms with van der Waals surface area (Å²) < 4.78 is 0. The van der Waals surface area contributed by atoms with Gasteiger partial charge in [0.25, 0.3) is 0 Å². The van der Waals surface area contributed by atoms with E-state index in [1.807, 2.05) is 0 Å². The van der Waals surface area contributed by atoms with Crippen LogP contribution in [0.4, 0.5) is 5.82 Å². The van der Waals surface area contributed by atoms with E-state index in [9.17, 15) is 0 Å². The fourth-order valence-electron chi connectivity index (χ4n) is 1.65. The van der Waals surface area contributed by atoms with Crippen LogP contribution in [0.25, 0.3) is 0 Å². The molecule has 0 fully saturated rings. The smallest absolute Gasteiger partial charge is 0.131 e. The van der Waals surface area contributed by atoms with Crippen molar-refractivity contribution in [2.45, 2.75) is 25.9 Å². The number of hydrogen-bond donors (Lipinski definition) is 1. The highest BCUT2D eigenvalue weighted by Gasteiger charge is 2.22. The molecule has 1 aromatic rings. The summed E-state index contributed by atoms with van der Waals surface area (Å²) >= 11 is 0. The third-order valence-corrected chi connectivity index (χ3v) is 2.72. The third-order valence-electron chi connectivity index (χ3n) is 2.72. The predicted molar refractivity (Wildman–Crippen MR) is 51.1 cm³/mol. The maximum Gasteiger partial charge on any atom is 0.131 e. The largest absolute Gasteiger partial charge is 0.383 e. The second-order valence-electron chi connectivity index (χ2n) is 3.65. The number of likely N-dealkylation sites (N-methyl/N-ethyl adjacent to an activating group) is 1. The Labute approximate surface area is 77.8 Å². The summed E-state index contributed by atoms with van der Waals surface area (Å²) in [5, 5.41) is 0. The summed E-state index contributed by atoms with van der Waals surface area (Å²) in [7, 11) is 2.10. The van der Waals surface area contributed by atoms with E-state index in [2.05, 4.69) is 28.8 Å². The first-order valence-electron chi connectivity index (χ1n) is 4.47. The van der Waals surface area contributed by atoms with Crippen molar-refractivity contribution < 1.29 is 0 Å². The molecule has 0 aliphatic carbocycles. The predicted octanol–water partition coefficient (Wildman–Crippen LogP) is 0.435. The summed E-state index contributed by atoms with van der Waals surface area (Å²) in [6.45, 7) is 3.06. The molecule has 1 unspecified atom stereocenters. The zero-order valence-electron chi connectivity index (χ0n) is 7.99. The number of nitrogen functional groups attached to an aromatic ring is 1. The lowest BCUT2D eigenvalue weighted by molar-refractivity contribution is 0.228. The Balaban J connectivity index is 2.42. The lowest BCUT2D eigenvalue weighted by atomic mass is 10.0. The van der Waals surface area contributed by atoms with Crippen LogP contribution in [0.3, 0.4) is 0 Å². The van der Waals surface area contributed by atoms with Gasteiger partial charge < -0.3 is 5.73 Å². The molecule has 0 aromatic carbocycles. The Kier molecular flexibility index (Phi) is 1.92. The van der Waals surface area contributed by atoms with E-state index in [0.29, 0.717) is 11.9 Å². The molecule has 13 heavy (non-hydrogen) atoms. The minimum absolute atomic E-state index is 0.543. The van der Waals surface area contributed by atoms with E-state index in [0.717, 1.165) is 24.2 Å². The lowest BCUT2D eigenvalue weighted by Gasteiger charge is -2.30. The molecular weight excluding hydrogens is 164 g/mol. The summed E-state index contributed by atoms with van der Waals surface area (Å²) in [6, 6.07) is 0.543. The average Bonchev–Trinajstić information content (AvgIpc) is 2.09. The summed E-state index contributed by atoms with van der Waals surface area (Å²) in [5.74, 6) is 0.628. The molecule has 4 nitrogen and oxygen atoms in total. The molecule has 1 atom stereocenters. The fraction of sp³-hybridized carbons (Fsp3) is 0.556. The van der Waals surface area contributed by atoms with E-state index < -0.39 is 0 Å². The Morgan fingerprint density at radius 3 is 3.08 bits per heavy atom. The topological polar surface area (TPSA) is 55.0 Å². The van der Waals surface area contributed by atoms with Crippen LogP contribution in [0.2, 0.25) is 0 Å². The van der Waals surface area contributed by atoms with Crippen molar-refractivity contribution in [3.8, 4) is 0 Å². The molecule has 2 heterocycles. The minimum Gasteiger partial charge on any atom is -0.383 e. The molecule has 1 aliphatic rings. The lowest BCUT2D eigenvalue weighted by Crippen LogP contribution is -2.36. The number of anilines is 1. The van der Waals surface area contributed by atoms with Crippen LogP contribution in [-0.2, 0) is 13.0 Å². The fourth-order valence-corrected chi connectivity index (χ4v) is 1.65. The molecule has 0 saturated carbocycles. The number of rotatable bonds is 0. The van der Waals surface area contributed by atoms with Gasteiger partial charge in [-0.2, -0.15) is 0 Å². The number of aromatic nitrogens is 2. The monoisotopic (exact) mass is 178 g/mol. The highest BCUT2D eigenvalue weighted by Crippen LogP contribution is 2.22. The van der Waals surface area contributed by atoms with Gasteiger partial charge in [-0.3, -0.25) is 4.90 Å². The number of hydrogen-bond acceptors (Lipinski definition) is 4. The third kappa shape index (κ3) is 1.37. The molecule has 2 rings (SSSR count). The van der Waals surface area contributed by atoms with E-state index >= 15 is 0 Å². The molecule has 0 spiro atoms. The van der Waals surface area contributed by atoms with Crippen LogP contribution in [0.15, 0.2) is 6.33 Å². The highest BCUT2D eigenvalue weighted by atomic mass is 15.1. The van der Waals surface area contributed by atoms with Crippen LogP contribution in [-0.4, -0.2) is 28.0 Å². The van der Waals surface area contributed by atoms with Crippen LogP contribution in [0.1, 0.15) is 18.2 Å². The van der Waals surface area contributed by atoms with Gasteiger partial charge in [0, 0.05) is 24.6 Å². The van der Waals surface area contributed by atoms with Gasteiger partial charge in [0.2, 0.25) is 0 Å². The SMILES string of the molecule is CC1Cc2ncnc(N)c2CN1C. The van der Waals surface area contributed by atoms with Gasteiger partial charge in [-0.1, -0.05) is 0 Å². The standard InChI is InChI=1S/C9H14N4/c1-6-3-8-7(4-13(6)2)9(10)12-5-11-8/h5-6H,3-4H2,1-2H3,(H2,10,11,12). The maximum atomic E-state index is 5.77. The van der Waals surface area contributed by atoms with Gasteiger partial charge in [0.1, 0.15) is 12.1 Å². The van der Waals surface area contributed by atoms with Crippen molar-refractivity contribution in [3.05, 3.63) is 17.6 Å². The molecule has 2 N–H and O–H groups in total. The van der Waals surface area contributed by atoms with Crippen molar-refractivity contribution in [2.24, 2.45) is 0 Å². The molecule has 1 aliphatic heterocycles. The molecule has 1 aromatic heterocycles. The Morgan fingerprint density at radius 2 is 2.31 bits per heavy atom. The maximum absolute atomic E-state index is 5.77. The second kappa shape index (κ2) is 2.96. The van der Waals surface area contributed by atoms with Crippen molar-refractivity contribution in [3.63, 3.8) is 0 Å². The summed E-state index contributed by atoms with van der Waals surface area (Å²) in [6.07, 6.45) is 2.52. The van der Waals surface area contributed by atoms with Gasteiger partial charge in [-0.25, -0.2) is 9.97 Å². The zero-order valence-corrected chi connectivity index (χ0v) is 7.99. The molecule has 0 radical (unpaired) electrons. The van der Waals surface area contributed by atoms with E-state index in [-0.39, 0.29) is 0 Å². The quantitative estimate of drug-likeness (QED) is 0.626. The Hall–Kier alpha value is -1.16. The van der Waals surface area contributed by atoms with Gasteiger partial charge in [0.15, 0.2) is 0 Å². The summed E-state index contributed by atoms with van der Waals surface area (Å²) in [4.78, 5) is 10.5. The molecule has 0 amide bonds. The van der Waals surface area contributed by atoms with Crippen molar-refractivity contribution in [1.29, 1.82) is 0 Å². The Bertz CT molecular complexity index is 323. The van der Waals surface area contributed by atoms with Crippen molar-refractivity contribution >= 4 is 5.82 Å². The summed E-state index contributed by atoms with van der Waals surface area (Å²) in [5.41, 5.74) is 7.98. The first-order chi connectivity index (χ1) is 6.18.